The van der Waals surface area contributed by atoms with Gasteiger partial charge in [0, 0.05) is 25.6 Å². The molecule has 4 heterocycles. The quantitative estimate of drug-likeness (QED) is 0.604. The van der Waals surface area contributed by atoms with Crippen LogP contribution in [0.2, 0.25) is 5.15 Å². The maximum atomic E-state index is 14.4. The molecular weight excluding hydrogens is 492 g/mol. The van der Waals surface area contributed by atoms with Crippen LogP contribution in [0.5, 0.6) is 5.75 Å². The number of nitrogens with one attached hydrogen (secondary N) is 1. The number of aromatic nitrogens is 2. The lowest BCUT2D eigenvalue weighted by Gasteiger charge is -2.43. The molecule has 0 spiro atoms. The van der Waals surface area contributed by atoms with Crippen LogP contribution in [-0.4, -0.2) is 64.5 Å². The molecule has 5 rings (SSSR count). The Kier molecular flexibility index (Phi) is 6.13. The summed E-state index contributed by atoms with van der Waals surface area (Å²) in [6, 6.07) is 7.16. The second-order valence-electron chi connectivity index (χ2n) is 10.7. The fourth-order valence-corrected chi connectivity index (χ4v) is 5.54. The predicted octanol–water partition coefficient (Wildman–Crippen LogP) is 5.07. The molecule has 1 fully saturated rings. The number of carbonyl (C=O) groups excluding carboxylic acids is 1. The minimum absolute atomic E-state index is 0.0377. The van der Waals surface area contributed by atoms with Crippen molar-refractivity contribution in [1.82, 2.24) is 15.1 Å². The van der Waals surface area contributed by atoms with Gasteiger partial charge >= 0.3 is 6.09 Å². The summed E-state index contributed by atoms with van der Waals surface area (Å²) in [7, 11) is 0. The van der Waals surface area contributed by atoms with E-state index in [2.05, 4.69) is 15.5 Å². The third-order valence-electron chi connectivity index (χ3n) is 7.09. The molecule has 0 radical (unpaired) electrons. The van der Waals surface area contributed by atoms with E-state index in [9.17, 15) is 13.6 Å². The first-order valence-electron chi connectivity index (χ1n) is 12.1. The highest BCUT2D eigenvalue weighted by atomic mass is 35.5. The second-order valence-corrected chi connectivity index (χ2v) is 11.1. The SMILES string of the molecule is CC1c2ccc(O[C@H]3CN4c5cc(Cl)nnc5NC[C@@]4(C(F)F)C3)cc2CCN1C(=O)OC(C)(C)C. The van der Waals surface area contributed by atoms with Gasteiger partial charge < -0.3 is 24.6 Å². The lowest BCUT2D eigenvalue weighted by molar-refractivity contribution is 0.0159. The summed E-state index contributed by atoms with van der Waals surface area (Å²) in [4.78, 5) is 16.0. The molecule has 3 atom stereocenters. The number of carbonyl (C=O) groups is 1. The van der Waals surface area contributed by atoms with Gasteiger partial charge in [0.2, 0.25) is 0 Å². The van der Waals surface area contributed by atoms with Gasteiger partial charge in [-0.05, 0) is 57.4 Å². The van der Waals surface area contributed by atoms with Crippen LogP contribution in [0.4, 0.5) is 25.1 Å². The molecular formula is C25H30ClF2N5O3. The van der Waals surface area contributed by atoms with Crippen molar-refractivity contribution in [2.24, 2.45) is 0 Å². The van der Waals surface area contributed by atoms with Crippen molar-refractivity contribution in [2.45, 2.75) is 70.2 Å². The van der Waals surface area contributed by atoms with E-state index in [1.54, 1.807) is 15.9 Å². The van der Waals surface area contributed by atoms with E-state index < -0.39 is 23.7 Å². The first kappa shape index (κ1) is 24.8. The van der Waals surface area contributed by atoms with E-state index in [1.165, 1.54) is 0 Å². The first-order valence-corrected chi connectivity index (χ1v) is 12.5. The smallest absolute Gasteiger partial charge is 0.410 e. The number of alkyl halides is 2. The summed E-state index contributed by atoms with van der Waals surface area (Å²) in [6.07, 6.45) is -2.57. The standard InChI is InChI=1S/C25H30ClF2N5O3/c1-14-18-6-5-16(9-15(18)7-8-32(14)23(34)36-24(2,3)4)35-17-11-25(22(27)28)13-29-21-19(33(25)12-17)10-20(26)30-31-21/h5-6,9-10,14,17,22H,7-8,11-13H2,1-4H3,(H,29,31)/t14?,17-,25-/m1/s1. The zero-order chi connectivity index (χ0) is 25.8. The van der Waals surface area contributed by atoms with E-state index in [0.717, 1.165) is 11.1 Å². The van der Waals surface area contributed by atoms with Crippen molar-refractivity contribution in [2.75, 3.05) is 29.9 Å². The van der Waals surface area contributed by atoms with Crippen molar-refractivity contribution >= 4 is 29.2 Å². The lowest BCUT2D eigenvalue weighted by Crippen LogP contribution is -2.57. The summed E-state index contributed by atoms with van der Waals surface area (Å²) < 4.78 is 40.6. The highest BCUT2D eigenvalue weighted by Crippen LogP contribution is 2.46. The minimum atomic E-state index is -2.60. The monoisotopic (exact) mass is 521 g/mol. The maximum Gasteiger partial charge on any atom is 0.410 e. The second kappa shape index (κ2) is 8.90. The number of rotatable bonds is 3. The molecule has 1 N–H and O–H groups in total. The number of hydrogen-bond donors (Lipinski definition) is 1. The summed E-state index contributed by atoms with van der Waals surface area (Å²) in [5, 5.41) is 11.0. The molecule has 1 aromatic heterocycles. The molecule has 0 bridgehead atoms. The Morgan fingerprint density at radius 3 is 2.78 bits per heavy atom. The Labute approximate surface area is 213 Å². The zero-order valence-corrected chi connectivity index (χ0v) is 21.5. The van der Waals surface area contributed by atoms with Gasteiger partial charge in [-0.3, -0.25) is 0 Å². The van der Waals surface area contributed by atoms with Crippen LogP contribution < -0.4 is 15.0 Å². The molecule has 0 aliphatic carbocycles. The van der Waals surface area contributed by atoms with Gasteiger partial charge in [0.25, 0.3) is 6.43 Å². The van der Waals surface area contributed by atoms with Crippen molar-refractivity contribution in [3.05, 3.63) is 40.5 Å². The van der Waals surface area contributed by atoms with Crippen molar-refractivity contribution in [3.63, 3.8) is 0 Å². The minimum Gasteiger partial charge on any atom is -0.488 e. The zero-order valence-electron chi connectivity index (χ0n) is 20.7. The lowest BCUT2D eigenvalue weighted by atomic mass is 9.93. The van der Waals surface area contributed by atoms with Gasteiger partial charge in [-0.25, -0.2) is 13.6 Å². The van der Waals surface area contributed by atoms with Crippen LogP contribution in [0.1, 0.15) is 51.3 Å². The van der Waals surface area contributed by atoms with E-state index in [1.807, 2.05) is 45.9 Å². The fraction of sp³-hybridized carbons (Fsp3) is 0.560. The number of benzene rings is 1. The Morgan fingerprint density at radius 1 is 1.28 bits per heavy atom. The third-order valence-corrected chi connectivity index (χ3v) is 7.28. The maximum absolute atomic E-state index is 14.4. The number of halogens is 3. The van der Waals surface area contributed by atoms with Gasteiger partial charge in [-0.15, -0.1) is 10.2 Å². The van der Waals surface area contributed by atoms with Gasteiger partial charge in [0.1, 0.15) is 23.0 Å². The van der Waals surface area contributed by atoms with Gasteiger partial charge in [0.15, 0.2) is 11.0 Å². The van der Waals surface area contributed by atoms with E-state index in [4.69, 9.17) is 21.1 Å². The summed E-state index contributed by atoms with van der Waals surface area (Å²) in [5.41, 5.74) is 0.633. The number of amides is 1. The van der Waals surface area contributed by atoms with E-state index >= 15 is 0 Å². The van der Waals surface area contributed by atoms with E-state index in [0.29, 0.717) is 30.2 Å². The number of ether oxygens (including phenoxy) is 2. The molecule has 36 heavy (non-hydrogen) atoms. The largest absolute Gasteiger partial charge is 0.488 e. The molecule has 194 valence electrons. The van der Waals surface area contributed by atoms with Gasteiger partial charge in [0.05, 0.1) is 18.3 Å². The Balaban J connectivity index is 1.33. The molecule has 0 saturated carbocycles. The fourth-order valence-electron chi connectivity index (χ4n) is 5.40. The first-order chi connectivity index (χ1) is 17.0. The van der Waals surface area contributed by atoms with Gasteiger partial charge in [-0.2, -0.15) is 0 Å². The normalized spacial score (nSPS) is 25.1. The van der Waals surface area contributed by atoms with Gasteiger partial charge in [-0.1, -0.05) is 17.7 Å². The topological polar surface area (TPSA) is 79.8 Å². The van der Waals surface area contributed by atoms with Crippen LogP contribution in [0.15, 0.2) is 24.3 Å². The number of hydrogen-bond acceptors (Lipinski definition) is 7. The summed E-state index contributed by atoms with van der Waals surface area (Å²) in [5.74, 6) is 1.06. The van der Waals surface area contributed by atoms with Crippen LogP contribution in [-0.2, 0) is 11.2 Å². The number of anilines is 2. The van der Waals surface area contributed by atoms with Crippen molar-refractivity contribution < 1.29 is 23.0 Å². The van der Waals surface area contributed by atoms with Crippen molar-refractivity contribution in [3.8, 4) is 5.75 Å². The van der Waals surface area contributed by atoms with Crippen molar-refractivity contribution in [1.29, 1.82) is 0 Å². The number of nitrogens with zero attached hydrogens (tertiary/aromatic N) is 4. The Hall–Kier alpha value is -2.88. The van der Waals surface area contributed by atoms with Crippen LogP contribution >= 0.6 is 11.6 Å². The molecule has 1 unspecified atom stereocenters. The molecule has 3 aliphatic rings. The molecule has 11 heteroatoms. The number of fused-ring (bicyclic) bond motifs is 4. The average molecular weight is 522 g/mol. The molecule has 1 amide bonds. The molecule has 3 aliphatic heterocycles. The summed E-state index contributed by atoms with van der Waals surface area (Å²) in [6.45, 7) is 8.37. The summed E-state index contributed by atoms with van der Waals surface area (Å²) >= 11 is 6.02. The Bertz CT molecular complexity index is 1180. The average Bonchev–Trinajstić information content (AvgIpc) is 3.18. The molecule has 1 saturated heterocycles. The Morgan fingerprint density at radius 2 is 2.06 bits per heavy atom. The third kappa shape index (κ3) is 4.40. The predicted molar refractivity (Wildman–Crippen MR) is 132 cm³/mol. The van der Waals surface area contributed by atoms with Crippen LogP contribution in [0, 0.1) is 0 Å². The van der Waals surface area contributed by atoms with Crippen LogP contribution in [0.3, 0.4) is 0 Å². The van der Waals surface area contributed by atoms with Crippen LogP contribution in [0.25, 0.3) is 0 Å². The molecule has 8 nitrogen and oxygen atoms in total. The highest BCUT2D eigenvalue weighted by Gasteiger charge is 2.55. The molecule has 2 aromatic rings. The highest BCUT2D eigenvalue weighted by molar-refractivity contribution is 6.29. The molecule has 1 aromatic carbocycles. The van der Waals surface area contributed by atoms with E-state index in [-0.39, 0.29) is 36.8 Å².